The summed E-state index contributed by atoms with van der Waals surface area (Å²) < 4.78 is 5.73. The van der Waals surface area contributed by atoms with Crippen LogP contribution in [0.1, 0.15) is 15.9 Å². The van der Waals surface area contributed by atoms with Crippen molar-refractivity contribution in [1.82, 2.24) is 5.32 Å². The molecule has 0 aliphatic heterocycles. The molecule has 0 aliphatic carbocycles. The standard InChI is InChI=1S/C16H13BrClNO3/c17-13-6-12(7-14(18)8-13)15(20)9-19-16(21)22-10-11-4-2-1-3-5-11/h1-8H,9-10H2,(H,19,21). The van der Waals surface area contributed by atoms with Gasteiger partial charge in [0.2, 0.25) is 0 Å². The Bertz CT molecular complexity index is 656. The highest BCUT2D eigenvalue weighted by molar-refractivity contribution is 9.10. The number of nitrogens with one attached hydrogen (secondary N) is 1. The zero-order chi connectivity index (χ0) is 15.9. The Morgan fingerprint density at radius 3 is 2.55 bits per heavy atom. The maximum absolute atomic E-state index is 12.0. The van der Waals surface area contributed by atoms with E-state index < -0.39 is 6.09 Å². The molecule has 2 aromatic rings. The lowest BCUT2D eigenvalue weighted by Crippen LogP contribution is -2.30. The maximum Gasteiger partial charge on any atom is 0.407 e. The first-order chi connectivity index (χ1) is 10.5. The number of alkyl carbamates (subject to hydrolysis) is 1. The van der Waals surface area contributed by atoms with E-state index in [4.69, 9.17) is 16.3 Å². The first kappa shape index (κ1) is 16.5. The molecule has 0 radical (unpaired) electrons. The molecule has 2 aromatic carbocycles. The molecule has 6 heteroatoms. The monoisotopic (exact) mass is 381 g/mol. The van der Waals surface area contributed by atoms with Gasteiger partial charge < -0.3 is 10.1 Å². The lowest BCUT2D eigenvalue weighted by Gasteiger charge is -2.07. The van der Waals surface area contributed by atoms with E-state index in [1.165, 1.54) is 0 Å². The van der Waals surface area contributed by atoms with Crippen molar-refractivity contribution in [3.63, 3.8) is 0 Å². The summed E-state index contributed by atoms with van der Waals surface area (Å²) in [5.41, 5.74) is 1.30. The molecule has 22 heavy (non-hydrogen) atoms. The molecule has 0 fully saturated rings. The van der Waals surface area contributed by atoms with E-state index in [2.05, 4.69) is 21.2 Å². The van der Waals surface area contributed by atoms with Gasteiger partial charge in [-0.15, -0.1) is 0 Å². The molecule has 0 unspecified atom stereocenters. The molecule has 0 spiro atoms. The van der Waals surface area contributed by atoms with Crippen LogP contribution in [0.25, 0.3) is 0 Å². The van der Waals surface area contributed by atoms with Crippen molar-refractivity contribution in [2.75, 3.05) is 6.54 Å². The largest absolute Gasteiger partial charge is 0.445 e. The predicted molar refractivity (Wildman–Crippen MR) is 88.1 cm³/mol. The number of Topliss-reactive ketones (excluding diaryl/α,β-unsaturated/α-hetero) is 1. The second kappa shape index (κ2) is 7.96. The number of ketones is 1. The Balaban J connectivity index is 1.81. The number of halogens is 2. The highest BCUT2D eigenvalue weighted by Crippen LogP contribution is 2.19. The first-order valence-corrected chi connectivity index (χ1v) is 7.65. The van der Waals surface area contributed by atoms with Crippen LogP contribution < -0.4 is 5.32 Å². The molecule has 0 saturated heterocycles. The van der Waals surface area contributed by atoms with Crippen LogP contribution in [0, 0.1) is 0 Å². The molecular weight excluding hydrogens is 370 g/mol. The van der Waals surface area contributed by atoms with E-state index >= 15 is 0 Å². The summed E-state index contributed by atoms with van der Waals surface area (Å²) in [5.74, 6) is -0.250. The van der Waals surface area contributed by atoms with Crippen molar-refractivity contribution in [2.45, 2.75) is 6.61 Å². The van der Waals surface area contributed by atoms with Crippen molar-refractivity contribution in [1.29, 1.82) is 0 Å². The number of rotatable bonds is 5. The van der Waals surface area contributed by atoms with Crippen LogP contribution >= 0.6 is 27.5 Å². The molecule has 4 nitrogen and oxygen atoms in total. The van der Waals surface area contributed by atoms with Gasteiger partial charge in [0.15, 0.2) is 5.78 Å². The summed E-state index contributed by atoms with van der Waals surface area (Å²) >= 11 is 9.14. The molecule has 0 bridgehead atoms. The third kappa shape index (κ3) is 5.16. The van der Waals surface area contributed by atoms with Gasteiger partial charge in [0.05, 0.1) is 6.54 Å². The van der Waals surface area contributed by atoms with Crippen LogP contribution in [0.5, 0.6) is 0 Å². The quantitative estimate of drug-likeness (QED) is 0.788. The zero-order valence-electron chi connectivity index (χ0n) is 11.5. The zero-order valence-corrected chi connectivity index (χ0v) is 13.9. The molecule has 0 aromatic heterocycles. The third-order valence-corrected chi connectivity index (χ3v) is 3.47. The number of amides is 1. The number of carbonyl (C=O) groups is 2. The summed E-state index contributed by atoms with van der Waals surface area (Å²) in [6.45, 7) is 0.00395. The summed E-state index contributed by atoms with van der Waals surface area (Å²) in [4.78, 5) is 23.5. The van der Waals surface area contributed by atoms with E-state index in [9.17, 15) is 9.59 Å². The molecule has 114 valence electrons. The minimum absolute atomic E-state index is 0.152. The average Bonchev–Trinajstić information content (AvgIpc) is 2.50. The molecule has 1 amide bonds. The van der Waals surface area contributed by atoms with E-state index in [0.717, 1.165) is 5.56 Å². The predicted octanol–water partition coefficient (Wildman–Crippen LogP) is 4.21. The van der Waals surface area contributed by atoms with Gasteiger partial charge in [-0.25, -0.2) is 4.79 Å². The number of hydrogen-bond acceptors (Lipinski definition) is 3. The lowest BCUT2D eigenvalue weighted by atomic mass is 10.1. The normalized spacial score (nSPS) is 10.1. The summed E-state index contributed by atoms with van der Waals surface area (Å²) in [7, 11) is 0. The van der Waals surface area contributed by atoms with Crippen molar-refractivity contribution in [2.24, 2.45) is 0 Å². The fourth-order valence-electron chi connectivity index (χ4n) is 1.74. The number of benzene rings is 2. The molecular formula is C16H13BrClNO3. The van der Waals surface area contributed by atoms with Gasteiger partial charge in [-0.05, 0) is 23.8 Å². The average molecular weight is 383 g/mol. The van der Waals surface area contributed by atoms with Gasteiger partial charge in [0.25, 0.3) is 0 Å². The topological polar surface area (TPSA) is 55.4 Å². The smallest absolute Gasteiger partial charge is 0.407 e. The molecule has 1 N–H and O–H groups in total. The number of hydrogen-bond donors (Lipinski definition) is 1. The maximum atomic E-state index is 12.0. The minimum Gasteiger partial charge on any atom is -0.445 e. The van der Waals surface area contributed by atoms with E-state index in [-0.39, 0.29) is 18.9 Å². The Morgan fingerprint density at radius 1 is 1.14 bits per heavy atom. The highest BCUT2D eigenvalue weighted by Gasteiger charge is 2.10. The highest BCUT2D eigenvalue weighted by atomic mass is 79.9. The Hall–Kier alpha value is -1.85. The van der Waals surface area contributed by atoms with Gasteiger partial charge in [0.1, 0.15) is 6.61 Å². The molecule has 0 saturated carbocycles. The van der Waals surface area contributed by atoms with Crippen LogP contribution in [0.3, 0.4) is 0 Å². The third-order valence-electron chi connectivity index (χ3n) is 2.79. The van der Waals surface area contributed by atoms with Crippen molar-refractivity contribution < 1.29 is 14.3 Å². The molecule has 0 atom stereocenters. The second-order valence-electron chi connectivity index (χ2n) is 4.50. The first-order valence-electron chi connectivity index (χ1n) is 6.48. The molecule has 0 heterocycles. The van der Waals surface area contributed by atoms with Crippen molar-refractivity contribution in [3.8, 4) is 0 Å². The van der Waals surface area contributed by atoms with Crippen LogP contribution in [-0.4, -0.2) is 18.4 Å². The fourth-order valence-corrected chi connectivity index (χ4v) is 2.60. The Labute approximate surface area is 141 Å². The van der Waals surface area contributed by atoms with Gasteiger partial charge in [-0.1, -0.05) is 57.9 Å². The van der Waals surface area contributed by atoms with Gasteiger partial charge >= 0.3 is 6.09 Å². The van der Waals surface area contributed by atoms with Gasteiger partial charge in [-0.2, -0.15) is 0 Å². The van der Waals surface area contributed by atoms with E-state index in [1.54, 1.807) is 18.2 Å². The second-order valence-corrected chi connectivity index (χ2v) is 5.85. The van der Waals surface area contributed by atoms with Gasteiger partial charge in [-0.3, -0.25) is 4.79 Å². The van der Waals surface area contributed by atoms with Crippen molar-refractivity contribution in [3.05, 3.63) is 69.2 Å². The fraction of sp³-hybridized carbons (Fsp3) is 0.125. The molecule has 2 rings (SSSR count). The van der Waals surface area contributed by atoms with Gasteiger partial charge in [0, 0.05) is 15.1 Å². The Kier molecular flexibility index (Phi) is 5.98. The molecule has 0 aliphatic rings. The Morgan fingerprint density at radius 2 is 1.86 bits per heavy atom. The van der Waals surface area contributed by atoms with Crippen LogP contribution in [0.15, 0.2) is 53.0 Å². The number of carbonyl (C=O) groups excluding carboxylic acids is 2. The van der Waals surface area contributed by atoms with Crippen molar-refractivity contribution >= 4 is 39.4 Å². The minimum atomic E-state index is -0.640. The SMILES string of the molecule is O=C(NCC(=O)c1cc(Cl)cc(Br)c1)OCc1ccccc1. The lowest BCUT2D eigenvalue weighted by molar-refractivity contribution is 0.0974. The van der Waals surface area contributed by atoms with E-state index in [0.29, 0.717) is 15.1 Å². The van der Waals surface area contributed by atoms with Crippen LogP contribution in [0.4, 0.5) is 4.79 Å². The van der Waals surface area contributed by atoms with Crippen LogP contribution in [0.2, 0.25) is 5.02 Å². The summed E-state index contributed by atoms with van der Waals surface area (Å²) in [5, 5.41) is 2.87. The number of ether oxygens (including phenoxy) is 1. The van der Waals surface area contributed by atoms with Crippen LogP contribution in [-0.2, 0) is 11.3 Å². The summed E-state index contributed by atoms with van der Waals surface area (Å²) in [6, 6.07) is 14.2. The van der Waals surface area contributed by atoms with E-state index in [1.807, 2.05) is 30.3 Å². The summed E-state index contributed by atoms with van der Waals surface area (Å²) in [6.07, 6.45) is -0.640.